The van der Waals surface area contributed by atoms with Crippen molar-refractivity contribution in [1.29, 1.82) is 0 Å². The molecule has 1 heterocycles. The quantitative estimate of drug-likeness (QED) is 0.621. The second-order valence-electron chi connectivity index (χ2n) is 6.05. The Hall–Kier alpha value is 0.360. The molecule has 0 aromatic carbocycles. The molecule has 2 aliphatic rings. The highest BCUT2D eigenvalue weighted by molar-refractivity contribution is 7.38. The maximum atomic E-state index is 13.2. The van der Waals surface area contributed by atoms with Crippen LogP contribution in [0.3, 0.4) is 0 Å². The Bertz CT molecular complexity index is 205. The molecule has 2 heteroatoms. The largest absolute Gasteiger partial charge is 0.247 e. The first-order chi connectivity index (χ1) is 8.31. The normalized spacial score (nSPS) is 38.1. The molecule has 0 bridgehead atoms. The van der Waals surface area contributed by atoms with Crippen molar-refractivity contribution in [3.8, 4) is 0 Å². The van der Waals surface area contributed by atoms with E-state index in [0.717, 1.165) is 30.6 Å². The van der Waals surface area contributed by atoms with Crippen molar-refractivity contribution in [2.24, 2.45) is 17.8 Å². The van der Waals surface area contributed by atoms with E-state index in [2.05, 4.69) is 6.92 Å². The highest BCUT2D eigenvalue weighted by atomic mass is 31.1. The van der Waals surface area contributed by atoms with Gasteiger partial charge < -0.3 is 0 Å². The van der Waals surface area contributed by atoms with Crippen LogP contribution in [0.4, 0.5) is 4.39 Å². The molecule has 0 nitrogen and oxygen atoms in total. The minimum Gasteiger partial charge on any atom is -0.247 e. The summed E-state index contributed by atoms with van der Waals surface area (Å²) < 4.78 is 13.2. The van der Waals surface area contributed by atoms with Crippen LogP contribution < -0.4 is 0 Å². The lowest BCUT2D eigenvalue weighted by molar-refractivity contribution is 0.119. The molecule has 0 aromatic heterocycles. The van der Waals surface area contributed by atoms with Crippen molar-refractivity contribution < 1.29 is 4.39 Å². The molecule has 2 rings (SSSR count). The molecular formula is C15H28FP. The Morgan fingerprint density at radius 2 is 1.59 bits per heavy atom. The van der Waals surface area contributed by atoms with Gasteiger partial charge in [-0.15, -0.1) is 8.58 Å². The highest BCUT2D eigenvalue weighted by Crippen LogP contribution is 2.42. The smallest absolute Gasteiger partial charge is 0.100 e. The second-order valence-corrected chi connectivity index (χ2v) is 7.55. The number of alkyl halides is 1. The fourth-order valence-electron chi connectivity index (χ4n) is 3.97. The van der Waals surface area contributed by atoms with Crippen LogP contribution in [0.15, 0.2) is 0 Å². The van der Waals surface area contributed by atoms with Crippen LogP contribution in [-0.4, -0.2) is 18.5 Å². The predicted molar refractivity (Wildman–Crippen MR) is 76.0 cm³/mol. The van der Waals surface area contributed by atoms with Gasteiger partial charge in [-0.25, -0.2) is 4.39 Å². The summed E-state index contributed by atoms with van der Waals surface area (Å²) in [5.41, 5.74) is 0. The van der Waals surface area contributed by atoms with Crippen LogP contribution in [0.25, 0.3) is 0 Å². The number of hydrogen-bond donors (Lipinski definition) is 0. The maximum absolute atomic E-state index is 13.2. The van der Waals surface area contributed by atoms with E-state index in [4.69, 9.17) is 0 Å². The summed E-state index contributed by atoms with van der Waals surface area (Å²) in [5, 5.41) is 0. The van der Waals surface area contributed by atoms with Gasteiger partial charge in [0.15, 0.2) is 0 Å². The average molecular weight is 258 g/mol. The van der Waals surface area contributed by atoms with Crippen molar-refractivity contribution >= 4 is 8.58 Å². The fourth-order valence-corrected chi connectivity index (χ4v) is 5.37. The van der Waals surface area contributed by atoms with Crippen molar-refractivity contribution in [1.82, 2.24) is 0 Å². The van der Waals surface area contributed by atoms with Crippen molar-refractivity contribution in [2.45, 2.75) is 64.5 Å². The number of rotatable bonds is 4. The summed E-state index contributed by atoms with van der Waals surface area (Å²) in [4.78, 5) is 0. The van der Waals surface area contributed by atoms with Gasteiger partial charge in [0.05, 0.1) is 0 Å². The summed E-state index contributed by atoms with van der Waals surface area (Å²) in [7, 11) is 1.23. The lowest BCUT2D eigenvalue weighted by Gasteiger charge is -2.38. The van der Waals surface area contributed by atoms with E-state index in [-0.39, 0.29) is 0 Å². The predicted octanol–water partition coefficient (Wildman–Crippen LogP) is 5.02. The topological polar surface area (TPSA) is 0 Å². The van der Waals surface area contributed by atoms with Gasteiger partial charge in [-0.3, -0.25) is 0 Å². The lowest BCUT2D eigenvalue weighted by Crippen LogP contribution is -2.29. The van der Waals surface area contributed by atoms with Crippen molar-refractivity contribution in [2.75, 3.05) is 12.3 Å². The molecule has 0 aromatic rings. The first-order valence-corrected chi connectivity index (χ1v) is 9.07. The first kappa shape index (κ1) is 13.8. The zero-order valence-corrected chi connectivity index (χ0v) is 12.3. The van der Waals surface area contributed by atoms with Crippen LogP contribution in [0.2, 0.25) is 0 Å². The van der Waals surface area contributed by atoms with Gasteiger partial charge in [-0.2, -0.15) is 0 Å². The van der Waals surface area contributed by atoms with Crippen LogP contribution in [0.1, 0.15) is 58.3 Å². The van der Waals surface area contributed by atoms with E-state index in [9.17, 15) is 4.39 Å². The van der Waals surface area contributed by atoms with Gasteiger partial charge >= 0.3 is 0 Å². The zero-order chi connectivity index (χ0) is 12.1. The number of halogens is 1. The highest BCUT2D eigenvalue weighted by Gasteiger charge is 2.32. The standard InChI is InChI=1S/C15H28FP/c1-2-3-15(13-8-10-17-11-9-13)12-4-6-14(16)7-5-12/h12-15,17H,2-11H2,1H3. The van der Waals surface area contributed by atoms with Crippen LogP contribution in [-0.2, 0) is 0 Å². The Morgan fingerprint density at radius 1 is 1.00 bits per heavy atom. The Kier molecular flexibility index (Phi) is 5.74. The second kappa shape index (κ2) is 7.07. The summed E-state index contributed by atoms with van der Waals surface area (Å²) in [5.74, 6) is 2.77. The molecule has 0 N–H and O–H groups in total. The average Bonchev–Trinajstić information content (AvgIpc) is 2.38. The molecule has 17 heavy (non-hydrogen) atoms. The molecule has 100 valence electrons. The Labute approximate surface area is 108 Å². The van der Waals surface area contributed by atoms with Gasteiger partial charge in [-0.05, 0) is 68.6 Å². The van der Waals surface area contributed by atoms with Gasteiger partial charge in [0.1, 0.15) is 6.17 Å². The minimum atomic E-state index is -0.485. The van der Waals surface area contributed by atoms with Gasteiger partial charge in [-0.1, -0.05) is 19.8 Å². The Morgan fingerprint density at radius 3 is 2.18 bits per heavy atom. The molecule has 1 saturated heterocycles. The van der Waals surface area contributed by atoms with E-state index in [1.165, 1.54) is 59.4 Å². The molecule has 2 fully saturated rings. The molecule has 1 unspecified atom stereocenters. The summed E-state index contributed by atoms with van der Waals surface area (Å²) >= 11 is 0. The molecule has 0 amide bonds. The molecular weight excluding hydrogens is 230 g/mol. The first-order valence-electron chi connectivity index (χ1n) is 7.66. The van der Waals surface area contributed by atoms with E-state index in [0.29, 0.717) is 0 Å². The minimum absolute atomic E-state index is 0.485. The third kappa shape index (κ3) is 3.91. The summed E-state index contributed by atoms with van der Waals surface area (Å²) in [6.45, 7) is 2.32. The fraction of sp³-hybridized carbons (Fsp3) is 1.00. The molecule has 1 atom stereocenters. The van der Waals surface area contributed by atoms with Gasteiger partial charge in [0.2, 0.25) is 0 Å². The van der Waals surface area contributed by atoms with E-state index >= 15 is 0 Å². The molecule has 0 radical (unpaired) electrons. The van der Waals surface area contributed by atoms with Crippen molar-refractivity contribution in [3.05, 3.63) is 0 Å². The van der Waals surface area contributed by atoms with Gasteiger partial charge in [0.25, 0.3) is 0 Å². The van der Waals surface area contributed by atoms with E-state index < -0.39 is 6.17 Å². The monoisotopic (exact) mass is 258 g/mol. The van der Waals surface area contributed by atoms with Crippen LogP contribution in [0.5, 0.6) is 0 Å². The maximum Gasteiger partial charge on any atom is 0.100 e. The third-order valence-corrected chi connectivity index (χ3v) is 6.20. The zero-order valence-electron chi connectivity index (χ0n) is 11.3. The van der Waals surface area contributed by atoms with Crippen LogP contribution >= 0.6 is 8.58 Å². The van der Waals surface area contributed by atoms with Gasteiger partial charge in [0, 0.05) is 0 Å². The Balaban J connectivity index is 1.90. The molecule has 1 aliphatic carbocycles. The molecule has 0 spiro atoms. The number of hydrogen-bond acceptors (Lipinski definition) is 0. The SMILES string of the molecule is CCCC(C1CCPCC1)C1CCC(F)CC1. The molecule has 1 aliphatic heterocycles. The van der Waals surface area contributed by atoms with E-state index in [1.54, 1.807) is 0 Å². The van der Waals surface area contributed by atoms with Crippen molar-refractivity contribution in [3.63, 3.8) is 0 Å². The summed E-state index contributed by atoms with van der Waals surface area (Å²) in [6, 6.07) is 0. The van der Waals surface area contributed by atoms with E-state index in [1.807, 2.05) is 0 Å². The third-order valence-electron chi connectivity index (χ3n) is 4.92. The van der Waals surface area contributed by atoms with Crippen LogP contribution in [0, 0.1) is 17.8 Å². The molecule has 1 saturated carbocycles. The summed E-state index contributed by atoms with van der Waals surface area (Å²) in [6.07, 6.45) is 12.2. The lowest BCUT2D eigenvalue weighted by atomic mass is 9.70.